The maximum Gasteiger partial charge on any atom is 0.215 e. The Morgan fingerprint density at radius 3 is 2.61 bits per heavy atom. The van der Waals surface area contributed by atoms with Crippen LogP contribution in [-0.2, 0) is 4.74 Å². The summed E-state index contributed by atoms with van der Waals surface area (Å²) in [5.41, 5.74) is 8.43. The standard InChI is InChI=1S/C26H39N5O2/c1-5-9-31(10-6-2)24-18-23(20-27-29-25-17-21(3)7-8-22(25)4)28-26(19-24)33-16-13-30-11-14-32-15-12-30/h7-8,17-20,29H,5-6,9-16H2,1-4H3/b27-20+. The van der Waals surface area contributed by atoms with E-state index in [1.54, 1.807) is 6.21 Å². The molecule has 0 spiro atoms. The molecule has 1 N–H and O–H groups in total. The molecule has 1 aromatic heterocycles. The van der Waals surface area contributed by atoms with E-state index in [2.05, 4.69) is 78.4 Å². The third-order valence-electron chi connectivity index (χ3n) is 5.69. The van der Waals surface area contributed by atoms with Crippen LogP contribution in [0.2, 0.25) is 0 Å². The number of ether oxygens (including phenoxy) is 2. The lowest BCUT2D eigenvalue weighted by molar-refractivity contribution is 0.0320. The molecule has 0 aliphatic carbocycles. The Kier molecular flexibility index (Phi) is 9.97. The van der Waals surface area contributed by atoms with Gasteiger partial charge < -0.3 is 14.4 Å². The van der Waals surface area contributed by atoms with Crippen molar-refractivity contribution < 1.29 is 9.47 Å². The molecule has 0 bridgehead atoms. The molecule has 0 radical (unpaired) electrons. The van der Waals surface area contributed by atoms with Gasteiger partial charge in [-0.2, -0.15) is 5.10 Å². The summed E-state index contributed by atoms with van der Waals surface area (Å²) in [6, 6.07) is 10.4. The topological polar surface area (TPSA) is 62.2 Å². The van der Waals surface area contributed by atoms with Crippen LogP contribution in [0.3, 0.4) is 0 Å². The molecule has 0 amide bonds. The van der Waals surface area contributed by atoms with E-state index in [1.807, 2.05) is 0 Å². The van der Waals surface area contributed by atoms with Gasteiger partial charge in [0, 0.05) is 44.5 Å². The number of aromatic nitrogens is 1. The highest BCUT2D eigenvalue weighted by Gasteiger charge is 2.12. The Bertz CT molecular complexity index is 890. The number of aryl methyl sites for hydroxylation is 2. The van der Waals surface area contributed by atoms with Crippen molar-refractivity contribution in [1.82, 2.24) is 9.88 Å². The van der Waals surface area contributed by atoms with Crippen LogP contribution in [0.25, 0.3) is 0 Å². The molecule has 2 aromatic rings. The number of hydrogen-bond donors (Lipinski definition) is 1. The zero-order valence-electron chi connectivity index (χ0n) is 20.6. The molecule has 2 heterocycles. The molecular weight excluding hydrogens is 414 g/mol. The summed E-state index contributed by atoms with van der Waals surface area (Å²) in [7, 11) is 0. The molecule has 0 unspecified atom stereocenters. The molecule has 180 valence electrons. The number of benzene rings is 1. The second kappa shape index (κ2) is 13.2. The number of nitrogens with zero attached hydrogens (tertiary/aromatic N) is 4. The van der Waals surface area contributed by atoms with Crippen LogP contribution in [0.4, 0.5) is 11.4 Å². The fraction of sp³-hybridized carbons (Fsp3) is 0.538. The third-order valence-corrected chi connectivity index (χ3v) is 5.69. The first-order valence-corrected chi connectivity index (χ1v) is 12.1. The Morgan fingerprint density at radius 2 is 1.88 bits per heavy atom. The minimum atomic E-state index is 0.606. The SMILES string of the molecule is CCCN(CCC)c1cc(/C=N/Nc2cc(C)ccc2C)nc(OCCN2CCOCC2)c1. The Morgan fingerprint density at radius 1 is 1.12 bits per heavy atom. The minimum Gasteiger partial charge on any atom is -0.476 e. The smallest absolute Gasteiger partial charge is 0.215 e. The highest BCUT2D eigenvalue weighted by molar-refractivity contribution is 5.80. The summed E-state index contributed by atoms with van der Waals surface area (Å²) in [5.74, 6) is 0.645. The molecule has 1 aliphatic rings. The highest BCUT2D eigenvalue weighted by atomic mass is 16.5. The van der Waals surface area contributed by atoms with Gasteiger partial charge in [-0.25, -0.2) is 4.98 Å². The van der Waals surface area contributed by atoms with E-state index in [4.69, 9.17) is 14.5 Å². The molecule has 1 aromatic carbocycles. The van der Waals surface area contributed by atoms with E-state index >= 15 is 0 Å². The number of anilines is 2. The van der Waals surface area contributed by atoms with Crippen molar-refractivity contribution in [2.24, 2.45) is 5.10 Å². The molecule has 3 rings (SSSR count). The largest absolute Gasteiger partial charge is 0.476 e. The van der Waals surface area contributed by atoms with Gasteiger partial charge in [-0.3, -0.25) is 10.3 Å². The van der Waals surface area contributed by atoms with E-state index in [-0.39, 0.29) is 0 Å². The molecule has 1 aliphatic heterocycles. The van der Waals surface area contributed by atoms with Crippen LogP contribution in [0.15, 0.2) is 35.4 Å². The van der Waals surface area contributed by atoms with E-state index in [1.165, 1.54) is 5.56 Å². The molecule has 1 fully saturated rings. The molecule has 7 nitrogen and oxygen atoms in total. The molecule has 0 saturated carbocycles. The van der Waals surface area contributed by atoms with Crippen molar-refractivity contribution >= 4 is 17.6 Å². The van der Waals surface area contributed by atoms with Crippen LogP contribution >= 0.6 is 0 Å². The average Bonchev–Trinajstić information content (AvgIpc) is 2.82. The lowest BCUT2D eigenvalue weighted by atomic mass is 10.1. The lowest BCUT2D eigenvalue weighted by Gasteiger charge is -2.26. The molecule has 33 heavy (non-hydrogen) atoms. The Hall–Kier alpha value is -2.64. The van der Waals surface area contributed by atoms with Crippen LogP contribution < -0.4 is 15.1 Å². The van der Waals surface area contributed by atoms with Gasteiger partial charge in [0.25, 0.3) is 0 Å². The summed E-state index contributed by atoms with van der Waals surface area (Å²) in [4.78, 5) is 9.47. The summed E-state index contributed by atoms with van der Waals surface area (Å²) in [6.45, 7) is 15.6. The average molecular weight is 454 g/mol. The fourth-order valence-corrected chi connectivity index (χ4v) is 3.87. The van der Waals surface area contributed by atoms with Gasteiger partial charge >= 0.3 is 0 Å². The number of rotatable bonds is 12. The predicted molar refractivity (Wildman–Crippen MR) is 137 cm³/mol. The minimum absolute atomic E-state index is 0.606. The van der Waals surface area contributed by atoms with Crippen molar-refractivity contribution in [3.63, 3.8) is 0 Å². The number of morpholine rings is 1. The van der Waals surface area contributed by atoms with E-state index in [0.29, 0.717) is 12.5 Å². The fourth-order valence-electron chi connectivity index (χ4n) is 3.87. The number of hydrogen-bond acceptors (Lipinski definition) is 7. The molecule has 7 heteroatoms. The van der Waals surface area contributed by atoms with Crippen molar-refractivity contribution in [3.8, 4) is 5.88 Å². The first kappa shape index (κ1) is 25.0. The molecular formula is C26H39N5O2. The summed E-state index contributed by atoms with van der Waals surface area (Å²) in [6.07, 6.45) is 3.95. The first-order valence-electron chi connectivity index (χ1n) is 12.1. The number of pyridine rings is 1. The summed E-state index contributed by atoms with van der Waals surface area (Å²) >= 11 is 0. The van der Waals surface area contributed by atoms with Crippen LogP contribution in [0, 0.1) is 13.8 Å². The molecule has 1 saturated heterocycles. The van der Waals surface area contributed by atoms with Gasteiger partial charge in [0.2, 0.25) is 5.88 Å². The summed E-state index contributed by atoms with van der Waals surface area (Å²) in [5, 5.41) is 4.47. The van der Waals surface area contributed by atoms with Gasteiger partial charge in [-0.1, -0.05) is 26.0 Å². The van der Waals surface area contributed by atoms with Gasteiger partial charge in [-0.15, -0.1) is 0 Å². The zero-order chi connectivity index (χ0) is 23.5. The third kappa shape index (κ3) is 8.02. The lowest BCUT2D eigenvalue weighted by Crippen LogP contribution is -2.38. The van der Waals surface area contributed by atoms with Crippen LogP contribution in [-0.4, -0.2) is 68.6 Å². The zero-order valence-corrected chi connectivity index (χ0v) is 20.6. The van der Waals surface area contributed by atoms with Gasteiger partial charge in [0.15, 0.2) is 0 Å². The van der Waals surface area contributed by atoms with Crippen molar-refractivity contribution in [3.05, 3.63) is 47.2 Å². The van der Waals surface area contributed by atoms with Crippen LogP contribution in [0.5, 0.6) is 5.88 Å². The van der Waals surface area contributed by atoms with E-state index in [9.17, 15) is 0 Å². The predicted octanol–water partition coefficient (Wildman–Crippen LogP) is 4.48. The van der Waals surface area contributed by atoms with Crippen molar-refractivity contribution in [2.75, 3.05) is 62.9 Å². The highest BCUT2D eigenvalue weighted by Crippen LogP contribution is 2.22. The van der Waals surface area contributed by atoms with Crippen molar-refractivity contribution in [1.29, 1.82) is 0 Å². The number of hydrazone groups is 1. The monoisotopic (exact) mass is 453 g/mol. The van der Waals surface area contributed by atoms with Crippen molar-refractivity contribution in [2.45, 2.75) is 40.5 Å². The normalized spacial score (nSPS) is 14.5. The van der Waals surface area contributed by atoms with E-state index in [0.717, 1.165) is 81.4 Å². The van der Waals surface area contributed by atoms with Gasteiger partial charge in [0.1, 0.15) is 6.61 Å². The van der Waals surface area contributed by atoms with Gasteiger partial charge in [0.05, 0.1) is 30.8 Å². The second-order valence-electron chi connectivity index (χ2n) is 8.57. The Balaban J connectivity index is 1.74. The quantitative estimate of drug-likeness (QED) is 0.378. The second-order valence-corrected chi connectivity index (χ2v) is 8.57. The Labute approximate surface area is 198 Å². The van der Waals surface area contributed by atoms with Crippen LogP contribution in [0.1, 0.15) is 43.5 Å². The number of nitrogens with one attached hydrogen (secondary N) is 1. The maximum absolute atomic E-state index is 6.09. The summed E-state index contributed by atoms with van der Waals surface area (Å²) < 4.78 is 11.5. The van der Waals surface area contributed by atoms with Gasteiger partial charge in [-0.05, 0) is 49.9 Å². The first-order chi connectivity index (χ1) is 16.1. The molecule has 0 atom stereocenters. The maximum atomic E-state index is 6.09. The van der Waals surface area contributed by atoms with E-state index < -0.39 is 0 Å².